The van der Waals surface area contributed by atoms with Crippen molar-refractivity contribution in [3.8, 4) is 5.75 Å². The summed E-state index contributed by atoms with van der Waals surface area (Å²) in [6.45, 7) is 2.18. The maximum atomic E-state index is 11.9. The normalized spacial score (nSPS) is 12.1. The zero-order chi connectivity index (χ0) is 14.5. The van der Waals surface area contributed by atoms with Crippen molar-refractivity contribution < 1.29 is 14.3 Å². The van der Waals surface area contributed by atoms with Crippen molar-refractivity contribution in [3.05, 3.63) is 53.5 Å². The van der Waals surface area contributed by atoms with Crippen molar-refractivity contribution >= 4 is 5.91 Å². The van der Waals surface area contributed by atoms with Gasteiger partial charge in [0.15, 0.2) is 0 Å². The molecule has 0 saturated heterocycles. The molecule has 4 N–H and O–H groups in total. The Bertz CT molecular complexity index is 575. The van der Waals surface area contributed by atoms with Gasteiger partial charge in [0.05, 0.1) is 12.6 Å². The molecule has 0 saturated carbocycles. The molecular weight excluding hydrogens is 256 g/mol. The standard InChI is InChI=1S/C15H18N2O3/c1-10-2-7-13(20-10)9-17-15(19)14(16)8-11-3-5-12(18)6-4-11/h2-7,14,18H,8-9,16H2,1H3,(H,17,19)/t14-/m1/s1. The Kier molecular flexibility index (Phi) is 4.42. The number of aromatic hydroxyl groups is 1. The highest BCUT2D eigenvalue weighted by Crippen LogP contribution is 2.11. The highest BCUT2D eigenvalue weighted by molar-refractivity contribution is 5.81. The average molecular weight is 274 g/mol. The Morgan fingerprint density at radius 3 is 2.60 bits per heavy atom. The van der Waals surface area contributed by atoms with Crippen LogP contribution in [0.3, 0.4) is 0 Å². The van der Waals surface area contributed by atoms with Gasteiger partial charge >= 0.3 is 0 Å². The molecule has 0 bridgehead atoms. The smallest absolute Gasteiger partial charge is 0.237 e. The number of hydrogen-bond donors (Lipinski definition) is 3. The number of carbonyl (C=O) groups is 1. The third-order valence-electron chi connectivity index (χ3n) is 2.96. The second kappa shape index (κ2) is 6.25. The van der Waals surface area contributed by atoms with Crippen LogP contribution in [0, 0.1) is 6.92 Å². The predicted molar refractivity (Wildman–Crippen MR) is 75.1 cm³/mol. The summed E-state index contributed by atoms with van der Waals surface area (Å²) in [5.41, 5.74) is 6.75. The largest absolute Gasteiger partial charge is 0.508 e. The third kappa shape index (κ3) is 3.86. The van der Waals surface area contributed by atoms with Crippen molar-refractivity contribution in [2.24, 2.45) is 5.73 Å². The first-order valence-corrected chi connectivity index (χ1v) is 6.41. The van der Waals surface area contributed by atoms with E-state index >= 15 is 0 Å². The van der Waals surface area contributed by atoms with Gasteiger partial charge in [-0.2, -0.15) is 0 Å². The summed E-state index contributed by atoms with van der Waals surface area (Å²) in [5.74, 6) is 1.47. The molecule has 0 aliphatic carbocycles. The predicted octanol–water partition coefficient (Wildman–Crippen LogP) is 1.48. The van der Waals surface area contributed by atoms with E-state index in [1.807, 2.05) is 19.1 Å². The number of phenols is 1. The van der Waals surface area contributed by atoms with Gasteiger partial charge in [0.25, 0.3) is 0 Å². The quantitative estimate of drug-likeness (QED) is 0.770. The first-order valence-electron chi connectivity index (χ1n) is 6.41. The summed E-state index contributed by atoms with van der Waals surface area (Å²) in [6.07, 6.45) is 0.420. The Balaban J connectivity index is 1.84. The van der Waals surface area contributed by atoms with Gasteiger partial charge in [-0.25, -0.2) is 0 Å². The summed E-state index contributed by atoms with van der Waals surface area (Å²) in [4.78, 5) is 11.9. The van der Waals surface area contributed by atoms with E-state index in [0.717, 1.165) is 11.3 Å². The van der Waals surface area contributed by atoms with E-state index in [0.29, 0.717) is 18.7 Å². The highest BCUT2D eigenvalue weighted by Gasteiger charge is 2.14. The zero-order valence-electron chi connectivity index (χ0n) is 11.3. The molecule has 20 heavy (non-hydrogen) atoms. The molecule has 1 heterocycles. The maximum absolute atomic E-state index is 11.9. The van der Waals surface area contributed by atoms with Crippen LogP contribution in [0.25, 0.3) is 0 Å². The Hall–Kier alpha value is -2.27. The lowest BCUT2D eigenvalue weighted by Crippen LogP contribution is -2.41. The number of nitrogens with two attached hydrogens (primary N) is 1. The molecule has 0 aliphatic rings. The lowest BCUT2D eigenvalue weighted by atomic mass is 10.1. The first-order chi connectivity index (χ1) is 9.54. The van der Waals surface area contributed by atoms with Crippen LogP contribution in [0.5, 0.6) is 5.75 Å². The zero-order valence-corrected chi connectivity index (χ0v) is 11.3. The number of rotatable bonds is 5. The molecule has 0 fully saturated rings. The summed E-state index contributed by atoms with van der Waals surface area (Å²) < 4.78 is 5.36. The van der Waals surface area contributed by atoms with E-state index in [1.54, 1.807) is 24.3 Å². The molecule has 106 valence electrons. The second-order valence-corrected chi connectivity index (χ2v) is 4.71. The second-order valence-electron chi connectivity index (χ2n) is 4.71. The number of carbonyl (C=O) groups excluding carboxylic acids is 1. The average Bonchev–Trinajstić information content (AvgIpc) is 2.84. The fourth-order valence-corrected chi connectivity index (χ4v) is 1.86. The molecule has 1 aromatic carbocycles. The number of aryl methyl sites for hydroxylation is 1. The molecule has 2 rings (SSSR count). The monoisotopic (exact) mass is 274 g/mol. The summed E-state index contributed by atoms with van der Waals surface area (Å²) >= 11 is 0. The number of benzene rings is 1. The molecule has 0 spiro atoms. The van der Waals surface area contributed by atoms with Gasteiger partial charge < -0.3 is 20.6 Å². The van der Waals surface area contributed by atoms with E-state index in [2.05, 4.69) is 5.32 Å². The molecule has 1 amide bonds. The molecule has 0 aliphatic heterocycles. The number of hydrogen-bond acceptors (Lipinski definition) is 4. The summed E-state index contributed by atoms with van der Waals surface area (Å²) in [6, 6.07) is 9.68. The van der Waals surface area contributed by atoms with Gasteiger partial charge in [-0.15, -0.1) is 0 Å². The molecule has 5 heteroatoms. The van der Waals surface area contributed by atoms with E-state index < -0.39 is 6.04 Å². The molecule has 0 radical (unpaired) electrons. The van der Waals surface area contributed by atoms with E-state index in [9.17, 15) is 9.90 Å². The van der Waals surface area contributed by atoms with Gasteiger partial charge in [0.1, 0.15) is 17.3 Å². The number of furan rings is 1. The summed E-state index contributed by atoms with van der Waals surface area (Å²) in [5, 5.41) is 11.9. The molecule has 1 atom stereocenters. The highest BCUT2D eigenvalue weighted by atomic mass is 16.3. The lowest BCUT2D eigenvalue weighted by Gasteiger charge is -2.11. The minimum absolute atomic E-state index is 0.194. The van der Waals surface area contributed by atoms with Crippen molar-refractivity contribution in [1.82, 2.24) is 5.32 Å². The van der Waals surface area contributed by atoms with Crippen molar-refractivity contribution in [1.29, 1.82) is 0 Å². The van der Waals surface area contributed by atoms with Crippen LogP contribution >= 0.6 is 0 Å². The van der Waals surface area contributed by atoms with Gasteiger partial charge in [-0.05, 0) is 43.2 Å². The van der Waals surface area contributed by atoms with Gasteiger partial charge in [-0.1, -0.05) is 12.1 Å². The van der Waals surface area contributed by atoms with E-state index in [-0.39, 0.29) is 11.7 Å². The van der Waals surface area contributed by atoms with Crippen LogP contribution < -0.4 is 11.1 Å². The van der Waals surface area contributed by atoms with Crippen LogP contribution in [0.1, 0.15) is 17.1 Å². The SMILES string of the molecule is Cc1ccc(CNC(=O)[C@H](N)Cc2ccc(O)cc2)o1. The minimum atomic E-state index is -0.629. The van der Waals surface area contributed by atoms with Gasteiger partial charge in [0, 0.05) is 0 Å². The van der Waals surface area contributed by atoms with E-state index in [1.165, 1.54) is 0 Å². The molecular formula is C15H18N2O3. The fourth-order valence-electron chi connectivity index (χ4n) is 1.86. The Morgan fingerprint density at radius 2 is 2.00 bits per heavy atom. The molecule has 5 nitrogen and oxygen atoms in total. The topological polar surface area (TPSA) is 88.5 Å². The number of phenolic OH excluding ortho intramolecular Hbond substituents is 1. The van der Waals surface area contributed by atoms with Crippen molar-refractivity contribution in [2.45, 2.75) is 25.9 Å². The Morgan fingerprint density at radius 1 is 1.30 bits per heavy atom. The van der Waals surface area contributed by atoms with Crippen LogP contribution in [0.2, 0.25) is 0 Å². The van der Waals surface area contributed by atoms with Gasteiger partial charge in [0.2, 0.25) is 5.91 Å². The molecule has 0 unspecified atom stereocenters. The summed E-state index contributed by atoms with van der Waals surface area (Å²) in [7, 11) is 0. The number of nitrogens with one attached hydrogen (secondary N) is 1. The maximum Gasteiger partial charge on any atom is 0.237 e. The molecule has 1 aromatic heterocycles. The molecule has 2 aromatic rings. The fraction of sp³-hybridized carbons (Fsp3) is 0.267. The van der Waals surface area contributed by atoms with Crippen LogP contribution in [-0.2, 0) is 17.8 Å². The number of amides is 1. The third-order valence-corrected chi connectivity index (χ3v) is 2.96. The van der Waals surface area contributed by atoms with Crippen LogP contribution in [0.4, 0.5) is 0 Å². The van der Waals surface area contributed by atoms with Crippen LogP contribution in [-0.4, -0.2) is 17.1 Å². The van der Waals surface area contributed by atoms with Crippen LogP contribution in [0.15, 0.2) is 40.8 Å². The van der Waals surface area contributed by atoms with Crippen molar-refractivity contribution in [2.75, 3.05) is 0 Å². The minimum Gasteiger partial charge on any atom is -0.508 e. The Labute approximate surface area is 117 Å². The van der Waals surface area contributed by atoms with Crippen molar-refractivity contribution in [3.63, 3.8) is 0 Å². The van der Waals surface area contributed by atoms with Gasteiger partial charge in [-0.3, -0.25) is 4.79 Å². The first kappa shape index (κ1) is 14.1. The van der Waals surface area contributed by atoms with E-state index in [4.69, 9.17) is 10.2 Å². The lowest BCUT2D eigenvalue weighted by molar-refractivity contribution is -0.122.